The number of rotatable bonds is 2. The van der Waals surface area contributed by atoms with E-state index in [1.807, 2.05) is 13.8 Å². The van der Waals surface area contributed by atoms with E-state index in [0.717, 1.165) is 25.9 Å². The Morgan fingerprint density at radius 2 is 2.31 bits per heavy atom. The van der Waals surface area contributed by atoms with Crippen molar-refractivity contribution in [1.82, 2.24) is 8.43 Å². The summed E-state index contributed by atoms with van der Waals surface area (Å²) >= 11 is 2.29. The van der Waals surface area contributed by atoms with E-state index in [1.54, 1.807) is 0 Å². The number of piperidine rings is 1. The molecule has 1 saturated heterocycles. The fourth-order valence-corrected chi connectivity index (χ4v) is 2.36. The van der Waals surface area contributed by atoms with Crippen LogP contribution in [0.25, 0.3) is 0 Å². The van der Waals surface area contributed by atoms with Crippen LogP contribution in [0, 0.1) is 5.92 Å². The lowest BCUT2D eigenvalue weighted by Gasteiger charge is -2.27. The van der Waals surface area contributed by atoms with Gasteiger partial charge in [-0.1, -0.05) is 0 Å². The number of carbonyl (C=O) groups is 1. The van der Waals surface area contributed by atoms with Crippen molar-refractivity contribution in [3.63, 3.8) is 0 Å². The highest BCUT2D eigenvalue weighted by Gasteiger charge is 2.24. The van der Waals surface area contributed by atoms with Crippen molar-refractivity contribution < 1.29 is 4.79 Å². The van der Waals surface area contributed by atoms with Gasteiger partial charge in [0.25, 0.3) is 0 Å². The summed E-state index contributed by atoms with van der Waals surface area (Å²) in [7, 11) is 0. The van der Waals surface area contributed by atoms with Crippen LogP contribution >= 0.6 is 22.9 Å². The van der Waals surface area contributed by atoms with Crippen LogP contribution in [-0.4, -0.2) is 28.2 Å². The van der Waals surface area contributed by atoms with Gasteiger partial charge in [0.15, 0.2) is 0 Å². The van der Waals surface area contributed by atoms with Gasteiger partial charge in [0.05, 0.1) is 5.92 Å². The average molecular weight is 296 g/mol. The Balaban J connectivity index is 2.37. The lowest BCUT2D eigenvalue weighted by molar-refractivity contribution is -0.126. The number of amides is 1. The van der Waals surface area contributed by atoms with Crippen LogP contribution < -0.4 is 5.32 Å². The summed E-state index contributed by atoms with van der Waals surface area (Å²) in [5.74, 6) is 0.421. The summed E-state index contributed by atoms with van der Waals surface area (Å²) in [6.07, 6.45) is 2.18. The molecule has 1 atom stereocenters. The van der Waals surface area contributed by atoms with Gasteiger partial charge in [0.2, 0.25) is 5.91 Å². The molecular weight excluding hydrogens is 279 g/mol. The quantitative estimate of drug-likeness (QED) is 0.620. The maximum absolute atomic E-state index is 11.6. The number of carbonyl (C=O) groups excluding carboxylic acids is 1. The largest absolute Gasteiger partial charge is 0.354 e. The monoisotopic (exact) mass is 296 g/mol. The molecule has 0 aromatic carbocycles. The normalized spacial score (nSPS) is 24.8. The van der Waals surface area contributed by atoms with Crippen molar-refractivity contribution >= 4 is 28.8 Å². The minimum absolute atomic E-state index is 0.202. The van der Waals surface area contributed by atoms with E-state index in [2.05, 4.69) is 31.3 Å². The molecule has 0 saturated carbocycles. The highest BCUT2D eigenvalue weighted by Crippen LogP contribution is 2.19. The third-order valence-corrected chi connectivity index (χ3v) is 3.05. The topological polar surface area (TPSA) is 32.3 Å². The van der Waals surface area contributed by atoms with Gasteiger partial charge in [-0.15, -0.1) is 0 Å². The lowest BCUT2D eigenvalue weighted by Crippen LogP contribution is -2.41. The van der Waals surface area contributed by atoms with Crippen LogP contribution in [0.3, 0.4) is 0 Å². The third kappa shape index (κ3) is 3.81. The molecule has 0 aliphatic carbocycles. The molecule has 1 N–H and O–H groups in total. The van der Waals surface area contributed by atoms with E-state index in [0.29, 0.717) is 0 Å². The molecule has 1 fully saturated rings. The summed E-state index contributed by atoms with van der Waals surface area (Å²) < 4.78 is 2.20. The van der Waals surface area contributed by atoms with E-state index >= 15 is 0 Å². The number of hydrogen-bond acceptors (Lipinski definition) is 2. The Hall–Kier alpha value is 0.160. The molecule has 0 aromatic heterocycles. The molecular formula is C9H17IN2O. The van der Waals surface area contributed by atoms with Crippen molar-refractivity contribution in [1.29, 1.82) is 0 Å². The first-order chi connectivity index (χ1) is 6.09. The Bertz CT molecular complexity index is 184. The van der Waals surface area contributed by atoms with Gasteiger partial charge in [0, 0.05) is 42.0 Å². The molecule has 1 heterocycles. The van der Waals surface area contributed by atoms with Gasteiger partial charge in [-0.3, -0.25) is 4.79 Å². The Morgan fingerprint density at radius 1 is 1.62 bits per heavy atom. The molecule has 0 spiro atoms. The smallest absolute Gasteiger partial charge is 0.224 e. The van der Waals surface area contributed by atoms with Crippen LogP contribution in [0.15, 0.2) is 0 Å². The van der Waals surface area contributed by atoms with Gasteiger partial charge in [-0.25, -0.2) is 3.11 Å². The fraction of sp³-hybridized carbons (Fsp3) is 0.889. The third-order valence-electron chi connectivity index (χ3n) is 2.17. The zero-order valence-electron chi connectivity index (χ0n) is 8.22. The number of nitrogens with one attached hydrogen (secondary N) is 1. The van der Waals surface area contributed by atoms with Crippen LogP contribution in [0.2, 0.25) is 0 Å². The first kappa shape index (κ1) is 11.2. The standard InChI is InChI=1S/C9H17IN2O/c1-7(2)11-9(13)8-4-3-5-12(10)6-8/h7-8H,3-6H2,1-2H3,(H,11,13)/t8-/m0/s1. The number of hydrogen-bond donors (Lipinski definition) is 1. The molecule has 0 bridgehead atoms. The molecule has 76 valence electrons. The molecule has 13 heavy (non-hydrogen) atoms. The summed E-state index contributed by atoms with van der Waals surface area (Å²) in [6, 6.07) is 0.261. The Kier molecular flexibility index (Phi) is 4.45. The van der Waals surface area contributed by atoms with E-state index in [1.165, 1.54) is 0 Å². The average Bonchev–Trinajstić information content (AvgIpc) is 2.03. The van der Waals surface area contributed by atoms with Gasteiger partial charge in [-0.2, -0.15) is 0 Å². The highest BCUT2D eigenvalue weighted by atomic mass is 127. The van der Waals surface area contributed by atoms with Crippen LogP contribution in [0.5, 0.6) is 0 Å². The summed E-state index contributed by atoms with van der Waals surface area (Å²) in [6.45, 7) is 6.02. The SMILES string of the molecule is CC(C)NC(=O)[C@H]1CCCN(I)C1. The van der Waals surface area contributed by atoms with Crippen molar-refractivity contribution in [2.75, 3.05) is 13.1 Å². The van der Waals surface area contributed by atoms with Crippen molar-refractivity contribution in [2.45, 2.75) is 32.7 Å². The maximum atomic E-state index is 11.6. The Morgan fingerprint density at radius 3 is 2.85 bits per heavy atom. The molecule has 0 radical (unpaired) electrons. The molecule has 4 heteroatoms. The van der Waals surface area contributed by atoms with Crippen molar-refractivity contribution in [3.8, 4) is 0 Å². The minimum Gasteiger partial charge on any atom is -0.354 e. The maximum Gasteiger partial charge on any atom is 0.224 e. The summed E-state index contributed by atoms with van der Waals surface area (Å²) in [5.41, 5.74) is 0. The molecule has 0 aromatic rings. The second-order valence-corrected chi connectivity index (χ2v) is 5.24. The second-order valence-electron chi connectivity index (χ2n) is 3.87. The lowest BCUT2D eigenvalue weighted by atomic mass is 9.98. The molecule has 1 rings (SSSR count). The Labute approximate surface area is 93.7 Å². The second kappa shape index (κ2) is 5.14. The first-order valence-corrected chi connectivity index (χ1v) is 5.77. The highest BCUT2D eigenvalue weighted by molar-refractivity contribution is 14.1. The summed E-state index contributed by atoms with van der Waals surface area (Å²) in [4.78, 5) is 11.6. The van der Waals surface area contributed by atoms with Crippen molar-refractivity contribution in [3.05, 3.63) is 0 Å². The zero-order valence-corrected chi connectivity index (χ0v) is 10.4. The molecule has 0 unspecified atom stereocenters. The molecule has 1 aliphatic rings. The van der Waals surface area contributed by atoms with Crippen LogP contribution in [-0.2, 0) is 4.79 Å². The predicted molar refractivity (Wildman–Crippen MR) is 61.6 cm³/mol. The number of nitrogens with zero attached hydrogens (tertiary/aromatic N) is 1. The van der Waals surface area contributed by atoms with Gasteiger partial charge in [0.1, 0.15) is 0 Å². The van der Waals surface area contributed by atoms with Crippen molar-refractivity contribution in [2.24, 2.45) is 5.92 Å². The molecule has 1 aliphatic heterocycles. The van der Waals surface area contributed by atoms with Gasteiger partial charge in [-0.05, 0) is 26.7 Å². The number of halogens is 1. The van der Waals surface area contributed by atoms with E-state index in [9.17, 15) is 4.79 Å². The molecule has 3 nitrogen and oxygen atoms in total. The summed E-state index contributed by atoms with van der Waals surface area (Å²) in [5, 5.41) is 2.96. The molecule has 1 amide bonds. The van der Waals surface area contributed by atoms with E-state index in [4.69, 9.17) is 0 Å². The minimum atomic E-state index is 0.202. The van der Waals surface area contributed by atoms with Crippen LogP contribution in [0.4, 0.5) is 0 Å². The first-order valence-electron chi connectivity index (χ1n) is 4.80. The van der Waals surface area contributed by atoms with Crippen LogP contribution in [0.1, 0.15) is 26.7 Å². The zero-order chi connectivity index (χ0) is 9.84. The predicted octanol–water partition coefficient (Wildman–Crippen LogP) is 1.57. The van der Waals surface area contributed by atoms with Gasteiger partial charge < -0.3 is 5.32 Å². The fourth-order valence-electron chi connectivity index (χ4n) is 1.55. The van der Waals surface area contributed by atoms with E-state index < -0.39 is 0 Å². The van der Waals surface area contributed by atoms with Gasteiger partial charge >= 0.3 is 0 Å². The van der Waals surface area contributed by atoms with E-state index in [-0.39, 0.29) is 17.9 Å².